The number of carbonyl (C=O) groups is 1. The first-order chi connectivity index (χ1) is 8.56. The van der Waals surface area contributed by atoms with Crippen molar-refractivity contribution in [1.82, 2.24) is 5.32 Å². The molecule has 0 aromatic heterocycles. The normalized spacial score (nSPS) is 14.0. The molecular formula is C14H20FNO2. The molecule has 18 heavy (non-hydrogen) atoms. The minimum Gasteiger partial charge on any atom is -0.466 e. The summed E-state index contributed by atoms with van der Waals surface area (Å²) in [7, 11) is 0. The first-order valence-corrected chi connectivity index (χ1v) is 6.20. The Kier molecular flexibility index (Phi) is 5.78. The van der Waals surface area contributed by atoms with Crippen molar-refractivity contribution in [2.75, 3.05) is 13.2 Å². The maximum atomic E-state index is 13.5. The van der Waals surface area contributed by atoms with E-state index in [4.69, 9.17) is 4.74 Å². The molecule has 1 aromatic carbocycles. The molecular weight excluding hydrogens is 233 g/mol. The SMILES string of the molecule is CCOC(=O)C(C)CN[C@H](C)c1ccccc1F. The highest BCUT2D eigenvalue weighted by Gasteiger charge is 2.16. The fourth-order valence-corrected chi connectivity index (χ4v) is 1.66. The molecule has 0 saturated heterocycles. The Labute approximate surface area is 107 Å². The minimum absolute atomic E-state index is 0.136. The summed E-state index contributed by atoms with van der Waals surface area (Å²) >= 11 is 0. The zero-order valence-electron chi connectivity index (χ0n) is 11.1. The summed E-state index contributed by atoms with van der Waals surface area (Å²) in [6.45, 7) is 6.29. The van der Waals surface area contributed by atoms with Gasteiger partial charge in [0.05, 0.1) is 12.5 Å². The largest absolute Gasteiger partial charge is 0.466 e. The molecule has 3 nitrogen and oxygen atoms in total. The van der Waals surface area contributed by atoms with Gasteiger partial charge in [0, 0.05) is 18.2 Å². The third kappa shape index (κ3) is 4.11. The maximum absolute atomic E-state index is 13.5. The predicted molar refractivity (Wildman–Crippen MR) is 68.6 cm³/mol. The summed E-state index contributed by atoms with van der Waals surface area (Å²) in [6.07, 6.45) is 0. The van der Waals surface area contributed by atoms with E-state index < -0.39 is 0 Å². The second-order valence-corrected chi connectivity index (χ2v) is 4.30. The van der Waals surface area contributed by atoms with Crippen molar-refractivity contribution in [2.45, 2.75) is 26.8 Å². The van der Waals surface area contributed by atoms with Crippen LogP contribution in [0.2, 0.25) is 0 Å². The number of halogens is 1. The molecule has 0 heterocycles. The van der Waals surface area contributed by atoms with Gasteiger partial charge in [-0.25, -0.2) is 4.39 Å². The molecule has 4 heteroatoms. The number of hydrogen-bond donors (Lipinski definition) is 1. The smallest absolute Gasteiger partial charge is 0.309 e. The van der Waals surface area contributed by atoms with Crippen LogP contribution in [0.1, 0.15) is 32.4 Å². The van der Waals surface area contributed by atoms with Crippen LogP contribution in [0.4, 0.5) is 4.39 Å². The molecule has 2 atom stereocenters. The standard InChI is InChI=1S/C14H20FNO2/c1-4-18-14(17)10(2)9-16-11(3)12-7-5-6-8-13(12)15/h5-8,10-11,16H,4,9H2,1-3H3/t10?,11-/m1/s1. The van der Waals surface area contributed by atoms with Crippen LogP contribution in [-0.4, -0.2) is 19.1 Å². The van der Waals surface area contributed by atoms with Crippen molar-refractivity contribution in [1.29, 1.82) is 0 Å². The van der Waals surface area contributed by atoms with Crippen molar-refractivity contribution in [3.8, 4) is 0 Å². The molecule has 0 bridgehead atoms. The lowest BCUT2D eigenvalue weighted by atomic mass is 10.1. The van der Waals surface area contributed by atoms with Crippen molar-refractivity contribution in [3.63, 3.8) is 0 Å². The molecule has 0 saturated carbocycles. The Morgan fingerprint density at radius 2 is 2.06 bits per heavy atom. The van der Waals surface area contributed by atoms with Crippen LogP contribution in [0.25, 0.3) is 0 Å². The Hall–Kier alpha value is -1.42. The van der Waals surface area contributed by atoms with Gasteiger partial charge in [-0.3, -0.25) is 4.79 Å². The molecule has 0 aliphatic rings. The molecule has 0 radical (unpaired) electrons. The van der Waals surface area contributed by atoms with Gasteiger partial charge in [0.1, 0.15) is 5.82 Å². The van der Waals surface area contributed by atoms with Gasteiger partial charge in [0.25, 0.3) is 0 Å². The Balaban J connectivity index is 2.49. The minimum atomic E-state index is -0.237. The van der Waals surface area contributed by atoms with Crippen molar-refractivity contribution in [2.24, 2.45) is 5.92 Å². The molecule has 1 aromatic rings. The van der Waals surface area contributed by atoms with E-state index in [1.165, 1.54) is 6.07 Å². The van der Waals surface area contributed by atoms with Crippen molar-refractivity contribution >= 4 is 5.97 Å². The Morgan fingerprint density at radius 1 is 1.39 bits per heavy atom. The summed E-state index contributed by atoms with van der Waals surface area (Å²) in [4.78, 5) is 11.4. The number of nitrogens with one attached hydrogen (secondary N) is 1. The van der Waals surface area contributed by atoms with E-state index in [1.54, 1.807) is 32.0 Å². The van der Waals surface area contributed by atoms with Crippen molar-refractivity contribution < 1.29 is 13.9 Å². The van der Waals surface area contributed by atoms with Crippen LogP contribution < -0.4 is 5.32 Å². The molecule has 1 N–H and O–H groups in total. The van der Waals surface area contributed by atoms with E-state index in [-0.39, 0.29) is 23.7 Å². The zero-order valence-corrected chi connectivity index (χ0v) is 11.1. The molecule has 0 amide bonds. The van der Waals surface area contributed by atoms with Crippen molar-refractivity contribution in [3.05, 3.63) is 35.6 Å². The summed E-state index contributed by atoms with van der Waals surface area (Å²) in [5, 5.41) is 3.14. The van der Waals surface area contributed by atoms with Crippen LogP contribution in [0.5, 0.6) is 0 Å². The summed E-state index contributed by atoms with van der Waals surface area (Å²) in [5.41, 5.74) is 0.605. The fraction of sp³-hybridized carbons (Fsp3) is 0.500. The lowest BCUT2D eigenvalue weighted by molar-refractivity contribution is -0.147. The van der Waals surface area contributed by atoms with E-state index in [1.807, 2.05) is 6.92 Å². The van der Waals surface area contributed by atoms with Crippen LogP contribution in [0.15, 0.2) is 24.3 Å². The van der Waals surface area contributed by atoms with E-state index in [0.717, 1.165) is 0 Å². The van der Waals surface area contributed by atoms with Gasteiger partial charge in [-0.05, 0) is 19.9 Å². The number of benzene rings is 1. The zero-order chi connectivity index (χ0) is 13.5. The van der Waals surface area contributed by atoms with Gasteiger partial charge in [0.2, 0.25) is 0 Å². The van der Waals surface area contributed by atoms with E-state index in [0.29, 0.717) is 18.7 Å². The van der Waals surface area contributed by atoms with Gasteiger partial charge < -0.3 is 10.1 Å². The van der Waals surface area contributed by atoms with E-state index in [2.05, 4.69) is 5.32 Å². The van der Waals surface area contributed by atoms with Crippen LogP contribution in [-0.2, 0) is 9.53 Å². The first kappa shape index (κ1) is 14.6. The van der Waals surface area contributed by atoms with Gasteiger partial charge in [0.15, 0.2) is 0 Å². The molecule has 1 unspecified atom stereocenters. The average Bonchev–Trinajstić information content (AvgIpc) is 2.36. The Morgan fingerprint density at radius 3 is 2.67 bits per heavy atom. The highest BCUT2D eigenvalue weighted by Crippen LogP contribution is 2.16. The highest BCUT2D eigenvalue weighted by molar-refractivity contribution is 5.72. The summed E-state index contributed by atoms with van der Waals surface area (Å²) in [5.74, 6) is -0.703. The second kappa shape index (κ2) is 7.11. The first-order valence-electron chi connectivity index (χ1n) is 6.20. The van der Waals surface area contributed by atoms with Crippen LogP contribution >= 0.6 is 0 Å². The van der Waals surface area contributed by atoms with Gasteiger partial charge in [-0.1, -0.05) is 25.1 Å². The number of esters is 1. The molecule has 0 aliphatic carbocycles. The van der Waals surface area contributed by atoms with Gasteiger partial charge in [-0.15, -0.1) is 0 Å². The fourth-order valence-electron chi connectivity index (χ4n) is 1.66. The Bertz CT molecular complexity index is 395. The molecule has 0 aliphatic heterocycles. The molecule has 0 spiro atoms. The molecule has 0 fully saturated rings. The van der Waals surface area contributed by atoms with Crippen LogP contribution in [0, 0.1) is 11.7 Å². The number of rotatable bonds is 6. The summed E-state index contributed by atoms with van der Waals surface area (Å²) < 4.78 is 18.4. The maximum Gasteiger partial charge on any atom is 0.309 e. The molecule has 1 rings (SSSR count). The quantitative estimate of drug-likeness (QED) is 0.792. The monoisotopic (exact) mass is 253 g/mol. The van der Waals surface area contributed by atoms with E-state index >= 15 is 0 Å². The predicted octanol–water partition coefficient (Wildman–Crippen LogP) is 2.68. The highest BCUT2D eigenvalue weighted by atomic mass is 19.1. The average molecular weight is 253 g/mol. The van der Waals surface area contributed by atoms with E-state index in [9.17, 15) is 9.18 Å². The lowest BCUT2D eigenvalue weighted by Gasteiger charge is -2.17. The second-order valence-electron chi connectivity index (χ2n) is 4.30. The van der Waals surface area contributed by atoms with Gasteiger partial charge >= 0.3 is 5.97 Å². The number of hydrogen-bond acceptors (Lipinski definition) is 3. The molecule has 100 valence electrons. The third-order valence-electron chi connectivity index (χ3n) is 2.79. The third-order valence-corrected chi connectivity index (χ3v) is 2.79. The van der Waals surface area contributed by atoms with Crippen LogP contribution in [0.3, 0.4) is 0 Å². The lowest BCUT2D eigenvalue weighted by Crippen LogP contribution is -2.30. The topological polar surface area (TPSA) is 38.3 Å². The number of carbonyl (C=O) groups excluding carboxylic acids is 1. The summed E-state index contributed by atoms with van der Waals surface area (Å²) in [6, 6.07) is 6.49. The number of ether oxygens (including phenoxy) is 1. The van der Waals surface area contributed by atoms with Gasteiger partial charge in [-0.2, -0.15) is 0 Å².